The molecule has 0 spiro atoms. The summed E-state index contributed by atoms with van der Waals surface area (Å²) in [6.07, 6.45) is 3.26. The number of allylic oxidation sites excluding steroid dienone is 1. The van der Waals surface area contributed by atoms with Crippen LogP contribution in [-0.4, -0.2) is 26.0 Å². The molecule has 0 amide bonds. The maximum absolute atomic E-state index is 12.6. The van der Waals surface area contributed by atoms with E-state index in [9.17, 15) is 9.59 Å². The minimum Gasteiger partial charge on any atom is -0.496 e. The van der Waals surface area contributed by atoms with Crippen molar-refractivity contribution in [2.24, 2.45) is 0 Å². The fourth-order valence-electron chi connectivity index (χ4n) is 2.73. The molecule has 0 aliphatic carbocycles. The van der Waals surface area contributed by atoms with E-state index in [-0.39, 0.29) is 11.3 Å². The average Bonchev–Trinajstić information content (AvgIpc) is 2.77. The summed E-state index contributed by atoms with van der Waals surface area (Å²) >= 11 is 0. The van der Waals surface area contributed by atoms with E-state index < -0.39 is 5.97 Å². The van der Waals surface area contributed by atoms with Crippen LogP contribution in [0.25, 0.3) is 6.08 Å². The Labute approximate surface area is 169 Å². The molecule has 0 aliphatic heterocycles. The van der Waals surface area contributed by atoms with Gasteiger partial charge in [-0.1, -0.05) is 42.5 Å². The van der Waals surface area contributed by atoms with Crippen LogP contribution < -0.4 is 14.2 Å². The maximum atomic E-state index is 12.6. The number of carbonyl (C=O) groups is 2. The van der Waals surface area contributed by atoms with Gasteiger partial charge >= 0.3 is 5.97 Å². The minimum atomic E-state index is -0.609. The van der Waals surface area contributed by atoms with Crippen molar-refractivity contribution in [1.29, 1.82) is 0 Å². The lowest BCUT2D eigenvalue weighted by molar-refractivity contribution is 0.0727. The zero-order valence-corrected chi connectivity index (χ0v) is 16.1. The molecule has 0 aliphatic rings. The van der Waals surface area contributed by atoms with Crippen LogP contribution in [0.3, 0.4) is 0 Å². The predicted molar refractivity (Wildman–Crippen MR) is 111 cm³/mol. The lowest BCUT2D eigenvalue weighted by Gasteiger charge is -2.12. The molecule has 0 radical (unpaired) electrons. The first-order valence-electron chi connectivity index (χ1n) is 8.93. The molecule has 0 unspecified atom stereocenters. The largest absolute Gasteiger partial charge is 0.496 e. The monoisotopic (exact) mass is 388 g/mol. The van der Waals surface area contributed by atoms with E-state index in [1.807, 2.05) is 30.3 Å². The van der Waals surface area contributed by atoms with Crippen LogP contribution in [0.2, 0.25) is 0 Å². The van der Waals surface area contributed by atoms with E-state index in [4.69, 9.17) is 14.2 Å². The van der Waals surface area contributed by atoms with Gasteiger partial charge in [0.15, 0.2) is 5.78 Å². The molecule has 0 bridgehead atoms. The second kappa shape index (κ2) is 9.37. The van der Waals surface area contributed by atoms with Crippen LogP contribution in [0.5, 0.6) is 17.2 Å². The van der Waals surface area contributed by atoms with Crippen LogP contribution in [0, 0.1) is 0 Å². The van der Waals surface area contributed by atoms with E-state index in [2.05, 4.69) is 0 Å². The van der Waals surface area contributed by atoms with Gasteiger partial charge in [0.25, 0.3) is 0 Å². The third kappa shape index (κ3) is 4.90. The van der Waals surface area contributed by atoms with E-state index >= 15 is 0 Å². The zero-order valence-electron chi connectivity index (χ0n) is 16.1. The average molecular weight is 388 g/mol. The van der Waals surface area contributed by atoms with Crippen LogP contribution in [-0.2, 0) is 0 Å². The smallest absolute Gasteiger partial charge is 0.351 e. The molecule has 0 saturated carbocycles. The molecule has 0 atom stereocenters. The van der Waals surface area contributed by atoms with Crippen LogP contribution in [0.4, 0.5) is 0 Å². The number of benzene rings is 3. The topological polar surface area (TPSA) is 61.8 Å². The first kappa shape index (κ1) is 19.9. The molecule has 0 N–H and O–H groups in total. The maximum Gasteiger partial charge on any atom is 0.351 e. The van der Waals surface area contributed by atoms with Gasteiger partial charge in [0, 0.05) is 5.56 Å². The molecule has 0 fully saturated rings. The Bertz CT molecular complexity index is 999. The summed E-state index contributed by atoms with van der Waals surface area (Å²) in [5.41, 5.74) is 1.63. The van der Waals surface area contributed by atoms with Gasteiger partial charge in [0.05, 0.1) is 14.2 Å². The van der Waals surface area contributed by atoms with Gasteiger partial charge in [-0.15, -0.1) is 0 Å². The van der Waals surface area contributed by atoms with Gasteiger partial charge in [-0.05, 0) is 48.0 Å². The van der Waals surface area contributed by atoms with E-state index in [0.29, 0.717) is 22.8 Å². The second-order valence-electron chi connectivity index (χ2n) is 6.06. The Balaban J connectivity index is 1.72. The van der Waals surface area contributed by atoms with Crippen molar-refractivity contribution in [2.45, 2.75) is 0 Å². The highest BCUT2D eigenvalue weighted by Crippen LogP contribution is 2.29. The number of ketones is 1. The molecule has 3 aromatic carbocycles. The third-order valence-electron chi connectivity index (χ3n) is 4.21. The summed E-state index contributed by atoms with van der Waals surface area (Å²) in [6.45, 7) is 0. The summed E-state index contributed by atoms with van der Waals surface area (Å²) in [5, 5.41) is 0. The van der Waals surface area contributed by atoms with Gasteiger partial charge in [0.2, 0.25) is 0 Å². The Kier molecular flexibility index (Phi) is 6.43. The van der Waals surface area contributed by atoms with Gasteiger partial charge in [0.1, 0.15) is 22.8 Å². The summed E-state index contributed by atoms with van der Waals surface area (Å²) in [7, 11) is 2.93. The van der Waals surface area contributed by atoms with Gasteiger partial charge in [-0.3, -0.25) is 4.79 Å². The lowest BCUT2D eigenvalue weighted by Crippen LogP contribution is -2.12. The highest BCUT2D eigenvalue weighted by atomic mass is 16.5. The molecule has 0 heterocycles. The molecule has 5 heteroatoms. The molecular formula is C24H20O5. The quantitative estimate of drug-likeness (QED) is 0.251. The summed E-state index contributed by atoms with van der Waals surface area (Å²) in [6, 6.07) is 21.0. The van der Waals surface area contributed by atoms with E-state index in [1.165, 1.54) is 20.3 Å². The van der Waals surface area contributed by atoms with Crippen molar-refractivity contribution in [3.05, 3.63) is 95.6 Å². The SMILES string of the molecule is COc1cccc(OC)c1C(=O)Oc1ccc(C(=O)C=Cc2ccccc2)cc1. The number of hydrogen-bond acceptors (Lipinski definition) is 5. The standard InChI is InChI=1S/C24H20O5/c1-27-21-9-6-10-22(28-2)23(21)24(26)29-19-14-12-18(13-15-19)20(25)16-11-17-7-4-3-5-8-17/h3-16H,1-2H3. The van der Waals surface area contributed by atoms with Crippen molar-refractivity contribution >= 4 is 17.8 Å². The van der Waals surface area contributed by atoms with Gasteiger partial charge in [-0.2, -0.15) is 0 Å². The number of carbonyl (C=O) groups excluding carboxylic acids is 2. The number of rotatable bonds is 7. The van der Waals surface area contributed by atoms with Crippen molar-refractivity contribution in [2.75, 3.05) is 14.2 Å². The van der Waals surface area contributed by atoms with Crippen molar-refractivity contribution in [3.8, 4) is 17.2 Å². The minimum absolute atomic E-state index is 0.141. The first-order valence-corrected chi connectivity index (χ1v) is 8.93. The third-order valence-corrected chi connectivity index (χ3v) is 4.21. The van der Waals surface area contributed by atoms with Crippen LogP contribution in [0.1, 0.15) is 26.3 Å². The van der Waals surface area contributed by atoms with Crippen LogP contribution in [0.15, 0.2) is 78.9 Å². The number of ether oxygens (including phenoxy) is 3. The van der Waals surface area contributed by atoms with Crippen molar-refractivity contribution < 1.29 is 23.8 Å². The summed E-state index contributed by atoms with van der Waals surface area (Å²) in [5.74, 6) is 0.270. The molecule has 29 heavy (non-hydrogen) atoms. The lowest BCUT2D eigenvalue weighted by atomic mass is 10.1. The Morgan fingerprint density at radius 2 is 1.38 bits per heavy atom. The van der Waals surface area contributed by atoms with Crippen LogP contribution >= 0.6 is 0 Å². The van der Waals surface area contributed by atoms with E-state index in [0.717, 1.165) is 5.56 Å². The number of esters is 1. The second-order valence-corrected chi connectivity index (χ2v) is 6.06. The number of hydrogen-bond donors (Lipinski definition) is 0. The normalized spacial score (nSPS) is 10.6. The molecule has 3 aromatic rings. The zero-order chi connectivity index (χ0) is 20.6. The molecule has 5 nitrogen and oxygen atoms in total. The Morgan fingerprint density at radius 1 is 0.759 bits per heavy atom. The summed E-state index contributed by atoms with van der Waals surface area (Å²) in [4.78, 5) is 24.9. The van der Waals surface area contributed by atoms with Crippen molar-refractivity contribution in [1.82, 2.24) is 0 Å². The fourth-order valence-corrected chi connectivity index (χ4v) is 2.73. The molecule has 0 aromatic heterocycles. The van der Waals surface area contributed by atoms with Crippen molar-refractivity contribution in [3.63, 3.8) is 0 Å². The molecule has 3 rings (SSSR count). The van der Waals surface area contributed by atoms with Gasteiger partial charge < -0.3 is 14.2 Å². The Morgan fingerprint density at radius 3 is 1.97 bits per heavy atom. The molecule has 0 saturated heterocycles. The first-order chi connectivity index (χ1) is 14.1. The predicted octanol–water partition coefficient (Wildman–Crippen LogP) is 4.82. The molecular weight excluding hydrogens is 368 g/mol. The van der Waals surface area contributed by atoms with E-state index in [1.54, 1.807) is 48.5 Å². The van der Waals surface area contributed by atoms with Gasteiger partial charge in [-0.25, -0.2) is 4.79 Å². The fraction of sp³-hybridized carbons (Fsp3) is 0.0833. The molecule has 146 valence electrons. The highest BCUT2D eigenvalue weighted by Gasteiger charge is 2.20. The number of methoxy groups -OCH3 is 2. The summed E-state index contributed by atoms with van der Waals surface area (Å²) < 4.78 is 15.9. The highest BCUT2D eigenvalue weighted by molar-refractivity contribution is 6.07. The Hall–Kier alpha value is -3.86.